The lowest BCUT2D eigenvalue weighted by atomic mass is 10.3. The van der Waals surface area contributed by atoms with Crippen LogP contribution in [0, 0.1) is 0 Å². The SMILES string of the molecule is CCCCN(CC)c1nc(CC)c(CNC(C)C)s1. The number of nitrogens with one attached hydrogen (secondary N) is 1. The Hall–Kier alpha value is -0.610. The van der Waals surface area contributed by atoms with E-state index in [2.05, 4.69) is 44.8 Å². The fourth-order valence-corrected chi connectivity index (χ4v) is 3.14. The maximum absolute atomic E-state index is 4.84. The molecule has 0 spiro atoms. The molecular formula is C15H29N3S. The van der Waals surface area contributed by atoms with Crippen molar-refractivity contribution >= 4 is 16.5 Å². The van der Waals surface area contributed by atoms with Crippen LogP contribution in [0.25, 0.3) is 0 Å². The van der Waals surface area contributed by atoms with Crippen LogP contribution in [0.5, 0.6) is 0 Å². The average molecular weight is 283 g/mol. The van der Waals surface area contributed by atoms with Crippen molar-refractivity contribution in [2.75, 3.05) is 18.0 Å². The molecule has 0 atom stereocenters. The van der Waals surface area contributed by atoms with Gasteiger partial charge in [0.25, 0.3) is 0 Å². The molecule has 0 fully saturated rings. The first-order valence-corrected chi connectivity index (χ1v) is 8.40. The minimum absolute atomic E-state index is 0.526. The van der Waals surface area contributed by atoms with Crippen LogP contribution in [0.1, 0.15) is 58.0 Å². The molecule has 1 rings (SSSR count). The Morgan fingerprint density at radius 2 is 2.00 bits per heavy atom. The molecule has 0 amide bonds. The predicted octanol–water partition coefficient (Wildman–Crippen LogP) is 3.83. The second-order valence-electron chi connectivity index (χ2n) is 5.19. The van der Waals surface area contributed by atoms with E-state index in [4.69, 9.17) is 4.98 Å². The number of rotatable bonds is 9. The van der Waals surface area contributed by atoms with Crippen molar-refractivity contribution in [3.63, 3.8) is 0 Å². The van der Waals surface area contributed by atoms with Crippen LogP contribution in [0.15, 0.2) is 0 Å². The smallest absolute Gasteiger partial charge is 0.185 e. The van der Waals surface area contributed by atoms with Crippen molar-refractivity contribution in [2.24, 2.45) is 0 Å². The largest absolute Gasteiger partial charge is 0.348 e. The molecule has 110 valence electrons. The number of aromatic nitrogens is 1. The van der Waals surface area contributed by atoms with Crippen molar-refractivity contribution in [3.05, 3.63) is 10.6 Å². The second-order valence-corrected chi connectivity index (χ2v) is 6.25. The Morgan fingerprint density at radius 3 is 2.53 bits per heavy atom. The van der Waals surface area contributed by atoms with E-state index in [-0.39, 0.29) is 0 Å². The second kappa shape index (κ2) is 8.54. The highest BCUT2D eigenvalue weighted by atomic mass is 32.1. The summed E-state index contributed by atoms with van der Waals surface area (Å²) in [7, 11) is 0. The number of hydrogen-bond donors (Lipinski definition) is 1. The van der Waals surface area contributed by atoms with Gasteiger partial charge < -0.3 is 10.2 Å². The monoisotopic (exact) mass is 283 g/mol. The van der Waals surface area contributed by atoms with Crippen LogP contribution >= 0.6 is 11.3 Å². The number of aryl methyl sites for hydroxylation is 1. The molecule has 0 aliphatic carbocycles. The van der Waals surface area contributed by atoms with E-state index in [0.717, 1.165) is 26.1 Å². The summed E-state index contributed by atoms with van der Waals surface area (Å²) in [5.74, 6) is 0. The summed E-state index contributed by atoms with van der Waals surface area (Å²) in [4.78, 5) is 8.65. The fourth-order valence-electron chi connectivity index (χ4n) is 1.95. The van der Waals surface area contributed by atoms with Crippen molar-refractivity contribution in [1.29, 1.82) is 0 Å². The van der Waals surface area contributed by atoms with E-state index in [1.165, 1.54) is 28.5 Å². The molecule has 19 heavy (non-hydrogen) atoms. The molecule has 0 saturated carbocycles. The van der Waals surface area contributed by atoms with Gasteiger partial charge in [0.2, 0.25) is 0 Å². The summed E-state index contributed by atoms with van der Waals surface area (Å²) >= 11 is 1.86. The van der Waals surface area contributed by atoms with Gasteiger partial charge in [0.15, 0.2) is 5.13 Å². The lowest BCUT2D eigenvalue weighted by molar-refractivity contribution is 0.590. The van der Waals surface area contributed by atoms with Gasteiger partial charge in [-0.25, -0.2) is 4.98 Å². The maximum Gasteiger partial charge on any atom is 0.185 e. The van der Waals surface area contributed by atoms with E-state index in [1.807, 2.05) is 11.3 Å². The molecule has 0 bridgehead atoms. The summed E-state index contributed by atoms with van der Waals surface area (Å²) in [5.41, 5.74) is 1.27. The highest BCUT2D eigenvalue weighted by molar-refractivity contribution is 7.15. The number of anilines is 1. The average Bonchev–Trinajstić information content (AvgIpc) is 2.80. The molecule has 0 unspecified atom stereocenters. The summed E-state index contributed by atoms with van der Waals surface area (Å²) in [6.45, 7) is 14.2. The first-order chi connectivity index (χ1) is 9.12. The van der Waals surface area contributed by atoms with E-state index >= 15 is 0 Å². The van der Waals surface area contributed by atoms with E-state index in [1.54, 1.807) is 0 Å². The molecule has 1 aromatic rings. The van der Waals surface area contributed by atoms with Crippen molar-refractivity contribution in [3.8, 4) is 0 Å². The maximum atomic E-state index is 4.84. The number of thiazole rings is 1. The van der Waals surface area contributed by atoms with E-state index < -0.39 is 0 Å². The van der Waals surface area contributed by atoms with Gasteiger partial charge in [0, 0.05) is 30.6 Å². The van der Waals surface area contributed by atoms with E-state index in [9.17, 15) is 0 Å². The van der Waals surface area contributed by atoms with Gasteiger partial charge in [-0.1, -0.05) is 34.1 Å². The topological polar surface area (TPSA) is 28.2 Å². The van der Waals surface area contributed by atoms with Gasteiger partial charge >= 0.3 is 0 Å². The lowest BCUT2D eigenvalue weighted by Gasteiger charge is -2.19. The van der Waals surface area contributed by atoms with Gasteiger partial charge in [-0.3, -0.25) is 0 Å². The summed E-state index contributed by atoms with van der Waals surface area (Å²) in [6.07, 6.45) is 3.51. The van der Waals surface area contributed by atoms with Gasteiger partial charge in [-0.2, -0.15) is 0 Å². The standard InChI is InChI=1S/C15H29N3S/c1-6-9-10-18(8-3)15-17-13(7-2)14(19-15)11-16-12(4)5/h12,16H,6-11H2,1-5H3. The van der Waals surface area contributed by atoms with Crippen LogP contribution in [0.4, 0.5) is 5.13 Å². The third-order valence-corrected chi connectivity index (χ3v) is 4.36. The van der Waals surface area contributed by atoms with Crippen LogP contribution in [-0.4, -0.2) is 24.1 Å². The highest BCUT2D eigenvalue weighted by Gasteiger charge is 2.14. The van der Waals surface area contributed by atoms with Gasteiger partial charge in [0.1, 0.15) is 0 Å². The number of hydrogen-bond acceptors (Lipinski definition) is 4. The quantitative estimate of drug-likeness (QED) is 0.746. The van der Waals surface area contributed by atoms with Crippen LogP contribution in [-0.2, 0) is 13.0 Å². The van der Waals surface area contributed by atoms with Crippen molar-refractivity contribution in [1.82, 2.24) is 10.3 Å². The molecule has 3 nitrogen and oxygen atoms in total. The summed E-state index contributed by atoms with van der Waals surface area (Å²) in [5, 5.41) is 4.70. The van der Waals surface area contributed by atoms with Crippen LogP contribution in [0.2, 0.25) is 0 Å². The Morgan fingerprint density at radius 1 is 1.26 bits per heavy atom. The zero-order chi connectivity index (χ0) is 14.3. The third-order valence-electron chi connectivity index (χ3n) is 3.21. The molecule has 0 radical (unpaired) electrons. The normalized spacial score (nSPS) is 11.3. The predicted molar refractivity (Wildman–Crippen MR) is 86.3 cm³/mol. The first-order valence-electron chi connectivity index (χ1n) is 7.59. The molecule has 1 heterocycles. The Labute approximate surface area is 122 Å². The molecule has 0 saturated heterocycles. The van der Waals surface area contributed by atoms with Gasteiger partial charge in [-0.15, -0.1) is 11.3 Å². The zero-order valence-corrected chi connectivity index (χ0v) is 13.9. The molecule has 0 aromatic carbocycles. The van der Waals surface area contributed by atoms with Gasteiger partial charge in [-0.05, 0) is 19.8 Å². The summed E-state index contributed by atoms with van der Waals surface area (Å²) in [6, 6.07) is 0.526. The van der Waals surface area contributed by atoms with Crippen LogP contribution < -0.4 is 10.2 Å². The minimum Gasteiger partial charge on any atom is -0.348 e. The summed E-state index contributed by atoms with van der Waals surface area (Å²) < 4.78 is 0. The van der Waals surface area contributed by atoms with Gasteiger partial charge in [0.05, 0.1) is 5.69 Å². The first kappa shape index (κ1) is 16.4. The molecule has 0 aliphatic heterocycles. The molecule has 1 N–H and O–H groups in total. The number of nitrogens with zero attached hydrogens (tertiary/aromatic N) is 2. The van der Waals surface area contributed by atoms with Crippen molar-refractivity contribution < 1.29 is 0 Å². The fraction of sp³-hybridized carbons (Fsp3) is 0.800. The molecule has 1 aromatic heterocycles. The molecular weight excluding hydrogens is 254 g/mol. The zero-order valence-electron chi connectivity index (χ0n) is 13.1. The van der Waals surface area contributed by atoms with Crippen LogP contribution in [0.3, 0.4) is 0 Å². The Bertz CT molecular complexity index is 360. The molecule has 0 aliphatic rings. The highest BCUT2D eigenvalue weighted by Crippen LogP contribution is 2.27. The third kappa shape index (κ3) is 5.11. The van der Waals surface area contributed by atoms with Crippen molar-refractivity contribution in [2.45, 2.75) is 66.5 Å². The van der Waals surface area contributed by atoms with E-state index in [0.29, 0.717) is 6.04 Å². The number of unbranched alkanes of at least 4 members (excludes halogenated alkanes) is 1. The Balaban J connectivity index is 2.78. The Kier molecular flexibility index (Phi) is 7.39. The molecule has 4 heteroatoms. The lowest BCUT2D eigenvalue weighted by Crippen LogP contribution is -2.23. The minimum atomic E-state index is 0.526.